The van der Waals surface area contributed by atoms with Crippen LogP contribution in [-0.4, -0.2) is 40.6 Å². The normalized spacial score (nSPS) is 20.0. The predicted molar refractivity (Wildman–Crippen MR) is 84.6 cm³/mol. The van der Waals surface area contributed by atoms with E-state index in [1.807, 2.05) is 6.07 Å². The number of fused-ring (bicyclic) bond motifs is 1. The van der Waals surface area contributed by atoms with Crippen molar-refractivity contribution >= 4 is 40.9 Å². The molecule has 0 saturated heterocycles. The van der Waals surface area contributed by atoms with Gasteiger partial charge in [0.15, 0.2) is 0 Å². The van der Waals surface area contributed by atoms with E-state index in [4.69, 9.17) is 28.5 Å². The Kier molecular flexibility index (Phi) is 5.39. The Balaban J connectivity index is 2.22. The fourth-order valence-electron chi connectivity index (χ4n) is 2.54. The molecule has 7 heteroatoms. The molecule has 0 spiro atoms. The van der Waals surface area contributed by atoms with Crippen LogP contribution in [0.1, 0.15) is 17.2 Å². The molecule has 2 rings (SSSR count). The number of nitrogens with zero attached hydrogens (tertiary/aromatic N) is 2. The third-order valence-corrected chi connectivity index (χ3v) is 4.83. The topological polar surface area (TPSA) is 64.3 Å². The Labute approximate surface area is 137 Å². The van der Waals surface area contributed by atoms with Crippen LogP contribution in [0.4, 0.5) is 0 Å². The number of hydrogen-bond donors (Lipinski definition) is 1. The molecule has 2 atom stereocenters. The van der Waals surface area contributed by atoms with Gasteiger partial charge in [-0.1, -0.05) is 23.2 Å². The third kappa shape index (κ3) is 3.46. The molecule has 1 aromatic carbocycles. The lowest BCUT2D eigenvalue weighted by Gasteiger charge is -2.28. The van der Waals surface area contributed by atoms with Gasteiger partial charge in [-0.05, 0) is 23.3 Å². The fraction of sp³-hybridized carbons (Fsp3) is 0.429. The number of aliphatic hydroxyl groups is 1. The molecule has 21 heavy (non-hydrogen) atoms. The number of halogens is 2. The first-order valence-corrected chi connectivity index (χ1v) is 8.23. The number of rotatable bonds is 4. The number of aliphatic hydroxyl groups excluding tert-OH is 1. The molecular weight excluding hydrogens is 331 g/mol. The Morgan fingerprint density at radius 2 is 2.29 bits per heavy atom. The van der Waals surface area contributed by atoms with Crippen molar-refractivity contribution in [2.75, 3.05) is 18.6 Å². The molecule has 0 fully saturated rings. The van der Waals surface area contributed by atoms with Crippen molar-refractivity contribution in [1.82, 2.24) is 4.90 Å². The summed E-state index contributed by atoms with van der Waals surface area (Å²) >= 11 is 13.4. The molecule has 1 aliphatic rings. The number of carbonyl (C=O) groups is 1. The molecule has 1 aromatic rings. The Bertz CT molecular complexity index is 603. The number of nitriles is 1. The molecule has 1 N–H and O–H groups in total. The summed E-state index contributed by atoms with van der Waals surface area (Å²) < 4.78 is 0. The van der Waals surface area contributed by atoms with E-state index in [9.17, 15) is 9.90 Å². The zero-order valence-electron chi connectivity index (χ0n) is 11.3. The lowest BCUT2D eigenvalue weighted by Crippen LogP contribution is -2.37. The zero-order chi connectivity index (χ0) is 15.6. The highest BCUT2D eigenvalue weighted by atomic mass is 35.5. The minimum atomic E-state index is -0.703. The first-order chi connectivity index (χ1) is 9.95. The van der Waals surface area contributed by atoms with Crippen molar-refractivity contribution in [2.24, 2.45) is 0 Å². The van der Waals surface area contributed by atoms with Crippen molar-refractivity contribution in [3.8, 4) is 6.07 Å². The van der Waals surface area contributed by atoms with Gasteiger partial charge in [-0.15, -0.1) is 11.8 Å². The average Bonchev–Trinajstić information content (AvgIpc) is 2.74. The first kappa shape index (κ1) is 16.4. The number of hydrogen-bond acceptors (Lipinski definition) is 4. The number of thioether (sulfide) groups is 1. The van der Waals surface area contributed by atoms with Crippen LogP contribution in [-0.2, 0) is 11.2 Å². The Morgan fingerprint density at radius 3 is 2.95 bits per heavy atom. The minimum Gasteiger partial charge on any atom is -0.390 e. The van der Waals surface area contributed by atoms with Crippen molar-refractivity contribution in [3.05, 3.63) is 33.3 Å². The van der Waals surface area contributed by atoms with Crippen molar-refractivity contribution in [2.45, 2.75) is 18.6 Å². The number of likely N-dealkylation sites (N-methyl/N-ethyl adjacent to an activating group) is 1. The highest BCUT2D eigenvalue weighted by Crippen LogP contribution is 2.40. The summed E-state index contributed by atoms with van der Waals surface area (Å²) in [6.45, 7) is 0. The maximum Gasteiger partial charge on any atom is 0.232 e. The van der Waals surface area contributed by atoms with E-state index in [-0.39, 0.29) is 17.4 Å². The summed E-state index contributed by atoms with van der Waals surface area (Å²) in [7, 11) is 1.65. The molecule has 0 bridgehead atoms. The van der Waals surface area contributed by atoms with E-state index >= 15 is 0 Å². The fourth-order valence-corrected chi connectivity index (χ4v) is 3.70. The Morgan fingerprint density at radius 1 is 1.57 bits per heavy atom. The molecule has 4 nitrogen and oxygen atoms in total. The summed E-state index contributed by atoms with van der Waals surface area (Å²) in [6, 6.07) is 4.91. The van der Waals surface area contributed by atoms with E-state index in [0.29, 0.717) is 16.5 Å². The zero-order valence-corrected chi connectivity index (χ0v) is 13.7. The number of carbonyl (C=O) groups excluding carboxylic acids is 1. The Hall–Kier alpha value is -0.930. The van der Waals surface area contributed by atoms with Gasteiger partial charge >= 0.3 is 0 Å². The molecule has 1 aliphatic carbocycles. The molecule has 0 radical (unpaired) electrons. The molecule has 0 saturated carbocycles. The second-order valence-electron chi connectivity index (χ2n) is 4.83. The van der Waals surface area contributed by atoms with Gasteiger partial charge in [0.25, 0.3) is 0 Å². The molecule has 0 heterocycles. The van der Waals surface area contributed by atoms with Crippen molar-refractivity contribution in [1.29, 1.82) is 5.26 Å². The highest BCUT2D eigenvalue weighted by molar-refractivity contribution is 8.00. The molecule has 0 unspecified atom stereocenters. The molecule has 0 aromatic heterocycles. The van der Waals surface area contributed by atoms with E-state index in [1.54, 1.807) is 19.2 Å². The monoisotopic (exact) mass is 344 g/mol. The number of benzene rings is 1. The maximum atomic E-state index is 12.1. The second kappa shape index (κ2) is 6.89. The standard InChI is InChI=1S/C14H14Cl2N2O2S/c1-18(13(20)7-21-3-2-17)14-10-4-8(15)5-11(16)9(10)6-12(14)19/h4-5,12,14,19H,3,6-7H2,1H3/t12-,14+/m0/s1. The van der Waals surface area contributed by atoms with Crippen LogP contribution in [0.2, 0.25) is 10.0 Å². The van der Waals surface area contributed by atoms with Crippen LogP contribution in [0, 0.1) is 11.3 Å². The lowest BCUT2D eigenvalue weighted by molar-refractivity contribution is -0.131. The van der Waals surface area contributed by atoms with Gasteiger partial charge in [-0.2, -0.15) is 5.26 Å². The largest absolute Gasteiger partial charge is 0.390 e. The van der Waals surface area contributed by atoms with Gasteiger partial charge in [0, 0.05) is 23.5 Å². The van der Waals surface area contributed by atoms with Crippen LogP contribution >= 0.6 is 35.0 Å². The van der Waals surface area contributed by atoms with E-state index in [1.165, 1.54) is 16.7 Å². The second-order valence-corrected chi connectivity index (χ2v) is 6.66. The van der Waals surface area contributed by atoms with Gasteiger partial charge in [-0.3, -0.25) is 4.79 Å². The predicted octanol–water partition coefficient (Wildman–Crippen LogP) is 2.67. The van der Waals surface area contributed by atoms with Crippen LogP contribution in [0.5, 0.6) is 0 Å². The summed E-state index contributed by atoms with van der Waals surface area (Å²) in [5, 5.41) is 19.8. The third-order valence-electron chi connectivity index (χ3n) is 3.49. The molecule has 112 valence electrons. The maximum absolute atomic E-state index is 12.1. The summed E-state index contributed by atoms with van der Waals surface area (Å²) in [5.74, 6) is 0.334. The lowest BCUT2D eigenvalue weighted by atomic mass is 10.1. The first-order valence-electron chi connectivity index (χ1n) is 6.32. The average molecular weight is 345 g/mol. The van der Waals surface area contributed by atoms with Gasteiger partial charge in [0.1, 0.15) is 0 Å². The molecule has 1 amide bonds. The van der Waals surface area contributed by atoms with Crippen LogP contribution in [0.25, 0.3) is 0 Å². The van der Waals surface area contributed by atoms with Crippen LogP contribution < -0.4 is 0 Å². The minimum absolute atomic E-state index is 0.136. The smallest absolute Gasteiger partial charge is 0.232 e. The van der Waals surface area contributed by atoms with E-state index in [0.717, 1.165) is 11.1 Å². The molecular formula is C14H14Cl2N2O2S. The number of amides is 1. The van der Waals surface area contributed by atoms with E-state index < -0.39 is 12.1 Å². The van der Waals surface area contributed by atoms with Crippen molar-refractivity contribution in [3.63, 3.8) is 0 Å². The SMILES string of the molecule is CN(C(=O)CSCC#N)[C@@H]1c2cc(Cl)cc(Cl)c2C[C@@H]1O. The van der Waals surface area contributed by atoms with Gasteiger partial charge < -0.3 is 10.0 Å². The van der Waals surface area contributed by atoms with Gasteiger partial charge in [0.2, 0.25) is 5.91 Å². The van der Waals surface area contributed by atoms with E-state index in [2.05, 4.69) is 0 Å². The molecule has 0 aliphatic heterocycles. The van der Waals surface area contributed by atoms with Crippen LogP contribution in [0.15, 0.2) is 12.1 Å². The van der Waals surface area contributed by atoms with Crippen molar-refractivity contribution < 1.29 is 9.90 Å². The summed E-state index contributed by atoms with van der Waals surface area (Å²) in [5.41, 5.74) is 1.63. The quantitative estimate of drug-likeness (QED) is 0.852. The van der Waals surface area contributed by atoms with Crippen LogP contribution in [0.3, 0.4) is 0 Å². The van der Waals surface area contributed by atoms with Gasteiger partial charge in [-0.25, -0.2) is 0 Å². The van der Waals surface area contributed by atoms with Gasteiger partial charge in [0.05, 0.1) is 29.7 Å². The highest BCUT2D eigenvalue weighted by Gasteiger charge is 2.37. The summed E-state index contributed by atoms with van der Waals surface area (Å²) in [6.07, 6.45) is -0.301. The summed E-state index contributed by atoms with van der Waals surface area (Å²) in [4.78, 5) is 13.7.